The van der Waals surface area contributed by atoms with Crippen LogP contribution in [0.15, 0.2) is 37.3 Å². The minimum atomic E-state index is -1.24. The minimum absolute atomic E-state index is 0.178. The molecule has 0 aliphatic heterocycles. The summed E-state index contributed by atoms with van der Waals surface area (Å²) in [6.07, 6.45) is 2.49. The van der Waals surface area contributed by atoms with Crippen LogP contribution in [0.4, 0.5) is 0 Å². The largest absolute Gasteiger partial charge is 0.516 e. The molecule has 0 aromatic heterocycles. The molecule has 0 rings (SSSR count). The summed E-state index contributed by atoms with van der Waals surface area (Å²) >= 11 is 0. The molecule has 0 amide bonds. The molecule has 0 aliphatic rings. The van der Waals surface area contributed by atoms with Crippen molar-refractivity contribution in [3.05, 3.63) is 37.3 Å². The third-order valence-corrected chi connectivity index (χ3v) is 0.927. The van der Waals surface area contributed by atoms with Crippen molar-refractivity contribution in [2.75, 3.05) is 0 Å². The number of carboxylic acid groups (broad SMARTS) is 2. The second-order valence-corrected chi connectivity index (χ2v) is 2.43. The number of carbonyl (C=O) groups is 3. The van der Waals surface area contributed by atoms with Crippen molar-refractivity contribution < 1.29 is 34.4 Å². The maximum Gasteiger partial charge on any atom is 0.331 e. The van der Waals surface area contributed by atoms with Crippen molar-refractivity contribution in [2.45, 2.75) is 13.8 Å². The third kappa shape index (κ3) is 29.2. The summed E-state index contributed by atoms with van der Waals surface area (Å²) in [4.78, 5) is 29.4. The van der Waals surface area contributed by atoms with Crippen molar-refractivity contribution in [3.63, 3.8) is 0 Å². The van der Waals surface area contributed by atoms with Gasteiger partial charge in [-0.05, 0) is 6.92 Å². The van der Waals surface area contributed by atoms with Crippen LogP contribution in [0.1, 0.15) is 13.8 Å². The van der Waals surface area contributed by atoms with Gasteiger partial charge in [0.05, 0.1) is 12.5 Å². The molecule has 0 fully saturated rings. The molecular weight excluding hydrogens is 244 g/mol. The number of ether oxygens (including phenoxy) is 1. The van der Waals surface area contributed by atoms with Crippen LogP contribution < -0.4 is 0 Å². The third-order valence-electron chi connectivity index (χ3n) is 0.927. The lowest BCUT2D eigenvalue weighted by molar-refractivity contribution is -0.135. The van der Waals surface area contributed by atoms with Gasteiger partial charge in [-0.1, -0.05) is 13.2 Å². The second-order valence-electron chi connectivity index (χ2n) is 2.43. The molecule has 0 radical (unpaired) electrons. The van der Waals surface area contributed by atoms with E-state index in [1.807, 2.05) is 0 Å². The Morgan fingerprint density at radius 3 is 1.56 bits per heavy atom. The van der Waals surface area contributed by atoms with Crippen molar-refractivity contribution in [1.82, 2.24) is 0 Å². The predicted octanol–water partition coefficient (Wildman–Crippen LogP) is 1.48. The average Bonchev–Trinajstić information content (AvgIpc) is 2.18. The lowest BCUT2D eigenvalue weighted by Crippen LogP contribution is -1.99. The number of esters is 1. The van der Waals surface area contributed by atoms with Crippen molar-refractivity contribution >= 4 is 17.9 Å². The topological polar surface area (TPSA) is 121 Å². The lowest BCUT2D eigenvalue weighted by Gasteiger charge is -1.86. The molecule has 102 valence electrons. The quantitative estimate of drug-likeness (QED) is 0.399. The van der Waals surface area contributed by atoms with Crippen molar-refractivity contribution in [3.8, 4) is 0 Å². The summed E-state index contributed by atoms with van der Waals surface area (Å²) in [6.45, 7) is 8.61. The maximum atomic E-state index is 9.90. The zero-order valence-corrected chi connectivity index (χ0v) is 10.1. The van der Waals surface area contributed by atoms with E-state index >= 15 is 0 Å². The highest BCUT2D eigenvalue weighted by Crippen LogP contribution is 1.89. The summed E-state index contributed by atoms with van der Waals surface area (Å²) in [7, 11) is 0. The Bertz CT molecular complexity index is 328. The Morgan fingerprint density at radius 2 is 1.50 bits per heavy atom. The number of carbonyl (C=O) groups excluding carboxylic acids is 1. The Hall–Kier alpha value is -2.57. The molecular formula is C11H16O7. The highest BCUT2D eigenvalue weighted by Gasteiger charge is 2.00. The highest BCUT2D eigenvalue weighted by atomic mass is 16.5. The van der Waals surface area contributed by atoms with Crippen molar-refractivity contribution in [1.29, 1.82) is 0 Å². The first kappa shape index (κ1) is 20.8. The van der Waals surface area contributed by atoms with E-state index in [0.717, 1.165) is 12.5 Å². The molecule has 0 bridgehead atoms. The number of hydrogen-bond donors (Lipinski definition) is 3. The smallest absolute Gasteiger partial charge is 0.331 e. The number of hydrogen-bond acceptors (Lipinski definition) is 5. The molecule has 0 aromatic rings. The van der Waals surface area contributed by atoms with E-state index in [0.29, 0.717) is 6.08 Å². The van der Waals surface area contributed by atoms with Crippen LogP contribution >= 0.6 is 0 Å². The first-order valence-corrected chi connectivity index (χ1v) is 4.40. The summed E-state index contributed by atoms with van der Waals surface area (Å²) in [5, 5.41) is 23.4. The normalized spacial score (nSPS) is 8.44. The van der Waals surface area contributed by atoms with E-state index in [2.05, 4.69) is 17.9 Å². The van der Waals surface area contributed by atoms with Crippen molar-refractivity contribution in [2.24, 2.45) is 0 Å². The summed E-state index contributed by atoms with van der Waals surface area (Å²) in [5.41, 5.74) is -0.178. The number of rotatable bonds is 3. The van der Waals surface area contributed by atoms with Crippen LogP contribution in [0, 0.1) is 0 Å². The molecule has 7 heteroatoms. The van der Waals surface area contributed by atoms with E-state index in [4.69, 9.17) is 15.3 Å². The predicted molar refractivity (Wildman–Crippen MR) is 63.8 cm³/mol. The van der Waals surface area contributed by atoms with Gasteiger partial charge in [0, 0.05) is 18.6 Å². The first-order chi connectivity index (χ1) is 8.22. The van der Waals surface area contributed by atoms with Gasteiger partial charge in [-0.2, -0.15) is 0 Å². The van der Waals surface area contributed by atoms with Gasteiger partial charge in [-0.25, -0.2) is 9.59 Å². The molecule has 18 heavy (non-hydrogen) atoms. The van der Waals surface area contributed by atoms with Gasteiger partial charge < -0.3 is 20.1 Å². The van der Waals surface area contributed by atoms with Crippen LogP contribution in [0.25, 0.3) is 0 Å². The molecule has 0 atom stereocenters. The Labute approximate surface area is 104 Å². The minimum Gasteiger partial charge on any atom is -0.516 e. The lowest BCUT2D eigenvalue weighted by atomic mass is 10.3. The van der Waals surface area contributed by atoms with E-state index in [1.54, 1.807) is 0 Å². The van der Waals surface area contributed by atoms with E-state index < -0.39 is 11.9 Å². The van der Waals surface area contributed by atoms with Crippen LogP contribution in [-0.2, 0) is 19.1 Å². The van der Waals surface area contributed by atoms with Gasteiger partial charge >= 0.3 is 17.9 Å². The maximum absolute atomic E-state index is 9.90. The number of aliphatic hydroxyl groups excluding tert-OH is 1. The van der Waals surface area contributed by atoms with E-state index in [-0.39, 0.29) is 11.5 Å². The van der Waals surface area contributed by atoms with Gasteiger partial charge in [-0.15, -0.1) is 0 Å². The molecule has 7 nitrogen and oxygen atoms in total. The van der Waals surface area contributed by atoms with Crippen LogP contribution in [0.2, 0.25) is 0 Å². The summed E-state index contributed by atoms with van der Waals surface area (Å²) in [5.74, 6) is -2.78. The molecule has 0 saturated heterocycles. The summed E-state index contributed by atoms with van der Waals surface area (Å²) in [6, 6.07) is 0. The van der Waals surface area contributed by atoms with Crippen LogP contribution in [0.5, 0.6) is 0 Å². The molecule has 0 saturated carbocycles. The van der Waals surface area contributed by atoms with Gasteiger partial charge in [0.1, 0.15) is 0 Å². The second kappa shape index (κ2) is 14.4. The molecule has 0 spiro atoms. The number of aliphatic hydroxyl groups is 1. The highest BCUT2D eigenvalue weighted by molar-refractivity contribution is 5.93. The molecule has 0 aromatic carbocycles. The SMILES string of the molecule is C/C(=C/C(=O)O)C(=O)O.C=CO.C=COC(C)=O. The van der Waals surface area contributed by atoms with Gasteiger partial charge in [0.25, 0.3) is 0 Å². The van der Waals surface area contributed by atoms with Gasteiger partial charge in [0.2, 0.25) is 0 Å². The fourth-order valence-electron chi connectivity index (χ4n) is 0.364. The van der Waals surface area contributed by atoms with Crippen LogP contribution in [0.3, 0.4) is 0 Å². The zero-order chi connectivity index (χ0) is 15.1. The molecule has 0 aliphatic carbocycles. The van der Waals surface area contributed by atoms with E-state index in [9.17, 15) is 14.4 Å². The average molecular weight is 260 g/mol. The van der Waals surface area contributed by atoms with Gasteiger partial charge in [0.15, 0.2) is 0 Å². The zero-order valence-electron chi connectivity index (χ0n) is 10.1. The van der Waals surface area contributed by atoms with Gasteiger partial charge in [-0.3, -0.25) is 4.79 Å². The van der Waals surface area contributed by atoms with Crippen LogP contribution in [-0.4, -0.2) is 33.2 Å². The Morgan fingerprint density at radius 1 is 1.11 bits per heavy atom. The molecule has 3 N–H and O–H groups in total. The van der Waals surface area contributed by atoms with E-state index in [1.165, 1.54) is 13.8 Å². The number of aliphatic carboxylic acids is 2. The standard InChI is InChI=1S/C5H6O4.C4H6O2.C2H4O/c1-3(5(8)9)2-4(6)7;1-3-6-4(2)5;1-2-3/h2H,1H3,(H,6,7)(H,8,9);3H,1H2,2H3;2-3H,1H2/b3-2-;;. The fraction of sp³-hybridized carbons (Fsp3) is 0.182. The summed E-state index contributed by atoms with van der Waals surface area (Å²) < 4.78 is 4.17. The molecule has 0 unspecified atom stereocenters. The first-order valence-electron chi connectivity index (χ1n) is 4.40. The Kier molecular flexibility index (Phi) is 16.7. The molecule has 0 heterocycles. The Balaban J connectivity index is -0.000000216. The monoisotopic (exact) mass is 260 g/mol. The number of carboxylic acids is 2. The fourth-order valence-corrected chi connectivity index (χ4v) is 0.364.